The predicted octanol–water partition coefficient (Wildman–Crippen LogP) is 0.702. The Morgan fingerprint density at radius 1 is 1.29 bits per heavy atom. The van der Waals surface area contributed by atoms with E-state index in [2.05, 4.69) is 5.32 Å². The van der Waals surface area contributed by atoms with Crippen LogP contribution in [-0.4, -0.2) is 66.6 Å². The lowest BCUT2D eigenvalue weighted by Gasteiger charge is -2.38. The molecule has 0 aromatic rings. The lowest BCUT2D eigenvalue weighted by Crippen LogP contribution is -2.56. The zero-order chi connectivity index (χ0) is 15.0. The molecule has 0 aliphatic carbocycles. The molecule has 2 aliphatic rings. The molecule has 0 saturated carbocycles. The third-order valence-electron chi connectivity index (χ3n) is 4.25. The van der Waals surface area contributed by atoms with Crippen LogP contribution in [0.5, 0.6) is 0 Å². The number of hydrogen-bond donors (Lipinski definition) is 2. The predicted molar refractivity (Wildman–Crippen MR) is 71.3 cm³/mol. The van der Waals surface area contributed by atoms with Crippen molar-refractivity contribution in [2.45, 2.75) is 36.6 Å². The summed E-state index contributed by atoms with van der Waals surface area (Å²) in [6, 6.07) is 0. The Hall–Kier alpha value is -0.570. The zero-order valence-corrected chi connectivity index (χ0v) is 12.5. The number of carbonyl (C=O) groups excluding carboxylic acids is 1. The highest BCUT2D eigenvalue weighted by atomic mass is 35.5. The molecule has 0 bridgehead atoms. The number of likely N-dealkylation sites (tertiary alicyclic amines) is 1. The maximum Gasteiger partial charge on any atom is 0.419 e. The van der Waals surface area contributed by atoms with E-state index >= 15 is 0 Å². The van der Waals surface area contributed by atoms with E-state index in [9.17, 15) is 23.1 Å². The van der Waals surface area contributed by atoms with Gasteiger partial charge in [-0.25, -0.2) is 0 Å². The quantitative estimate of drug-likeness (QED) is 0.781. The molecule has 0 radical (unpaired) electrons. The van der Waals surface area contributed by atoms with Gasteiger partial charge in [-0.1, -0.05) is 0 Å². The minimum absolute atomic E-state index is 0. The summed E-state index contributed by atoms with van der Waals surface area (Å²) in [6.45, 7) is 0.342. The number of rotatable bonds is 2. The van der Waals surface area contributed by atoms with Gasteiger partial charge in [0.25, 0.3) is 5.91 Å². The fraction of sp³-hybridized carbons (Fsp3) is 0.917. The van der Waals surface area contributed by atoms with Gasteiger partial charge in [0.1, 0.15) is 5.60 Å². The number of hydrogen-bond acceptors (Lipinski definition) is 4. The summed E-state index contributed by atoms with van der Waals surface area (Å²) in [5, 5.41) is 12.7. The van der Waals surface area contributed by atoms with Gasteiger partial charge in [0.2, 0.25) is 0 Å². The van der Waals surface area contributed by atoms with Gasteiger partial charge < -0.3 is 20.1 Å². The highest BCUT2D eigenvalue weighted by Gasteiger charge is 2.59. The molecule has 2 rings (SSSR count). The lowest BCUT2D eigenvalue weighted by atomic mass is 9.90. The average molecular weight is 333 g/mol. The first-order valence-electron chi connectivity index (χ1n) is 6.58. The molecule has 2 saturated heterocycles. The van der Waals surface area contributed by atoms with E-state index in [4.69, 9.17) is 4.74 Å². The number of methoxy groups -OCH3 is 1. The molecule has 0 aromatic carbocycles. The monoisotopic (exact) mass is 332 g/mol. The van der Waals surface area contributed by atoms with Crippen molar-refractivity contribution in [1.82, 2.24) is 10.2 Å². The maximum absolute atomic E-state index is 12.8. The largest absolute Gasteiger partial charge is 0.419 e. The van der Waals surface area contributed by atoms with E-state index in [0.717, 1.165) is 4.90 Å². The Morgan fingerprint density at radius 2 is 1.86 bits per heavy atom. The second-order valence-electron chi connectivity index (χ2n) is 5.45. The van der Waals surface area contributed by atoms with Crippen molar-refractivity contribution in [1.29, 1.82) is 0 Å². The third kappa shape index (κ3) is 3.28. The maximum atomic E-state index is 12.8. The summed E-state index contributed by atoms with van der Waals surface area (Å²) in [6.07, 6.45) is -4.37. The van der Waals surface area contributed by atoms with Crippen LogP contribution in [-0.2, 0) is 9.53 Å². The Bertz CT molecular complexity index is 388. The Morgan fingerprint density at radius 3 is 2.29 bits per heavy atom. The fourth-order valence-electron chi connectivity index (χ4n) is 2.82. The van der Waals surface area contributed by atoms with Crippen molar-refractivity contribution in [3.8, 4) is 0 Å². The van der Waals surface area contributed by atoms with Gasteiger partial charge in [-0.15, -0.1) is 12.4 Å². The van der Waals surface area contributed by atoms with E-state index in [1.807, 2.05) is 0 Å². The summed E-state index contributed by atoms with van der Waals surface area (Å²) in [5.41, 5.74) is -3.87. The van der Waals surface area contributed by atoms with Crippen LogP contribution in [0.1, 0.15) is 19.3 Å². The van der Waals surface area contributed by atoms with Crippen LogP contribution in [0.2, 0.25) is 0 Å². The van der Waals surface area contributed by atoms with Gasteiger partial charge in [-0.05, 0) is 25.9 Å². The summed E-state index contributed by atoms with van der Waals surface area (Å²) in [5.74, 6) is -0.457. The number of alkyl halides is 3. The topological polar surface area (TPSA) is 61.8 Å². The van der Waals surface area contributed by atoms with Crippen molar-refractivity contribution in [3.63, 3.8) is 0 Å². The van der Waals surface area contributed by atoms with Crippen LogP contribution in [0.4, 0.5) is 13.2 Å². The van der Waals surface area contributed by atoms with Crippen LogP contribution < -0.4 is 5.32 Å². The lowest BCUT2D eigenvalue weighted by molar-refractivity contribution is -0.254. The van der Waals surface area contributed by atoms with Crippen molar-refractivity contribution in [3.05, 3.63) is 0 Å². The molecule has 2 aliphatic heterocycles. The molecule has 2 heterocycles. The highest BCUT2D eigenvalue weighted by molar-refractivity contribution is 5.86. The smallest absolute Gasteiger partial charge is 0.379 e. The molecule has 1 amide bonds. The van der Waals surface area contributed by atoms with Gasteiger partial charge in [-0.2, -0.15) is 13.2 Å². The Balaban J connectivity index is 0.00000220. The molecule has 1 unspecified atom stereocenters. The van der Waals surface area contributed by atoms with Crippen molar-refractivity contribution in [2.75, 3.05) is 33.3 Å². The van der Waals surface area contributed by atoms with Gasteiger partial charge in [0.05, 0.1) is 6.54 Å². The van der Waals surface area contributed by atoms with Crippen LogP contribution in [0, 0.1) is 0 Å². The summed E-state index contributed by atoms with van der Waals surface area (Å²) in [7, 11) is 1.40. The number of halogens is 4. The first-order chi connectivity index (χ1) is 9.24. The average Bonchev–Trinajstić information content (AvgIpc) is 2.82. The zero-order valence-electron chi connectivity index (χ0n) is 11.7. The number of carbonyl (C=O) groups is 1. The van der Waals surface area contributed by atoms with E-state index in [-0.39, 0.29) is 19.0 Å². The first kappa shape index (κ1) is 18.5. The van der Waals surface area contributed by atoms with Crippen LogP contribution in [0.3, 0.4) is 0 Å². The number of ether oxygens (including phenoxy) is 1. The number of piperidine rings is 1. The van der Waals surface area contributed by atoms with Crippen molar-refractivity contribution in [2.24, 2.45) is 0 Å². The second-order valence-corrected chi connectivity index (χ2v) is 5.45. The van der Waals surface area contributed by atoms with E-state index in [0.29, 0.717) is 25.9 Å². The van der Waals surface area contributed by atoms with Gasteiger partial charge >= 0.3 is 6.18 Å². The molecule has 2 N–H and O–H groups in total. The summed E-state index contributed by atoms with van der Waals surface area (Å²) in [4.78, 5) is 13.5. The fourth-order valence-corrected chi connectivity index (χ4v) is 2.82. The van der Waals surface area contributed by atoms with Crippen LogP contribution >= 0.6 is 12.4 Å². The minimum Gasteiger partial charge on any atom is -0.379 e. The number of amides is 1. The molecular formula is C12H20ClF3N2O3. The summed E-state index contributed by atoms with van der Waals surface area (Å²) < 4.78 is 43.6. The van der Waals surface area contributed by atoms with Gasteiger partial charge in [-0.3, -0.25) is 4.79 Å². The number of nitrogens with zero attached hydrogens (tertiary/aromatic N) is 1. The molecule has 9 heteroatoms. The molecule has 21 heavy (non-hydrogen) atoms. The molecule has 0 spiro atoms. The third-order valence-corrected chi connectivity index (χ3v) is 4.25. The van der Waals surface area contributed by atoms with E-state index < -0.39 is 36.3 Å². The Labute approximate surface area is 127 Å². The normalized spacial score (nSPS) is 29.1. The molecular weight excluding hydrogens is 313 g/mol. The Kier molecular flexibility index (Phi) is 5.52. The van der Waals surface area contributed by atoms with Gasteiger partial charge in [0.15, 0.2) is 5.60 Å². The van der Waals surface area contributed by atoms with Crippen LogP contribution in [0.25, 0.3) is 0 Å². The standard InChI is InChI=1S/C12H19F3N2O3.ClH/c1-20-10(2-5-16-6-3-10)9(18)17-7-4-11(19,8-17)12(13,14)15;/h16,19H,2-8H2,1H3;1H. The number of β-amino-alcohol motifs (C(OH)–C–C–N with tert-alkyl or cyclic N) is 1. The first-order valence-corrected chi connectivity index (χ1v) is 6.58. The van der Waals surface area contributed by atoms with Gasteiger partial charge in [0, 0.05) is 20.1 Å². The molecule has 2 fully saturated rings. The molecule has 0 aromatic heterocycles. The SMILES string of the molecule is COC1(C(=O)N2CCC(O)(C(F)(F)F)C2)CCNCC1.Cl. The van der Waals surface area contributed by atoms with Crippen LogP contribution in [0.15, 0.2) is 0 Å². The number of aliphatic hydroxyl groups is 1. The number of nitrogens with one attached hydrogen (secondary N) is 1. The van der Waals surface area contributed by atoms with Crippen molar-refractivity contribution < 1.29 is 27.8 Å². The van der Waals surface area contributed by atoms with E-state index in [1.165, 1.54) is 7.11 Å². The minimum atomic E-state index is -4.73. The second kappa shape index (κ2) is 6.28. The van der Waals surface area contributed by atoms with Crippen molar-refractivity contribution >= 4 is 18.3 Å². The van der Waals surface area contributed by atoms with E-state index in [1.54, 1.807) is 0 Å². The molecule has 5 nitrogen and oxygen atoms in total. The molecule has 124 valence electrons. The summed E-state index contributed by atoms with van der Waals surface area (Å²) >= 11 is 0. The highest BCUT2D eigenvalue weighted by Crippen LogP contribution is 2.39. The molecule has 1 atom stereocenters.